The van der Waals surface area contributed by atoms with Crippen LogP contribution in [0.2, 0.25) is 0 Å². The lowest BCUT2D eigenvalue weighted by Crippen LogP contribution is -2.29. The summed E-state index contributed by atoms with van der Waals surface area (Å²) in [5.41, 5.74) is 1.15. The van der Waals surface area contributed by atoms with Crippen LogP contribution in [0, 0.1) is 12.7 Å². The number of aryl methyl sites for hydroxylation is 1. The molecule has 17 heavy (non-hydrogen) atoms. The monoisotopic (exact) mass is 239 g/mol. The molecule has 1 aromatic rings. The number of nitrogens with one attached hydrogen (secondary N) is 1. The highest BCUT2D eigenvalue weighted by molar-refractivity contribution is 5.77. The predicted octanol–water partition coefficient (Wildman–Crippen LogP) is 3.19. The van der Waals surface area contributed by atoms with Gasteiger partial charge in [-0.2, -0.15) is 0 Å². The number of aliphatic carboxylic acids is 1. The Labute approximate surface area is 101 Å². The van der Waals surface area contributed by atoms with E-state index < -0.39 is 12.0 Å². The maximum atomic E-state index is 13.1. The zero-order valence-corrected chi connectivity index (χ0v) is 10.2. The van der Waals surface area contributed by atoms with E-state index in [0.717, 1.165) is 12.8 Å². The molecule has 0 saturated heterocycles. The van der Waals surface area contributed by atoms with Crippen molar-refractivity contribution in [1.29, 1.82) is 0 Å². The van der Waals surface area contributed by atoms with Gasteiger partial charge in [0.15, 0.2) is 0 Å². The van der Waals surface area contributed by atoms with Gasteiger partial charge in [-0.1, -0.05) is 19.8 Å². The number of rotatable bonds is 6. The molecule has 0 aliphatic carbocycles. The number of carboxylic acids is 1. The average Bonchev–Trinajstić information content (AvgIpc) is 2.28. The first-order valence-electron chi connectivity index (χ1n) is 5.80. The molecule has 94 valence electrons. The van der Waals surface area contributed by atoms with Crippen LogP contribution in [-0.2, 0) is 4.79 Å². The average molecular weight is 239 g/mol. The Morgan fingerprint density at radius 1 is 1.53 bits per heavy atom. The molecule has 0 aromatic heterocycles. The van der Waals surface area contributed by atoms with Gasteiger partial charge in [-0.05, 0) is 37.1 Å². The van der Waals surface area contributed by atoms with Gasteiger partial charge < -0.3 is 10.4 Å². The second-order valence-corrected chi connectivity index (χ2v) is 4.14. The maximum Gasteiger partial charge on any atom is 0.326 e. The van der Waals surface area contributed by atoms with Gasteiger partial charge in [-0.15, -0.1) is 0 Å². The van der Waals surface area contributed by atoms with Crippen molar-refractivity contribution >= 4 is 11.7 Å². The van der Waals surface area contributed by atoms with E-state index in [-0.39, 0.29) is 5.82 Å². The predicted molar refractivity (Wildman–Crippen MR) is 65.7 cm³/mol. The smallest absolute Gasteiger partial charge is 0.326 e. The van der Waals surface area contributed by atoms with Crippen LogP contribution < -0.4 is 5.32 Å². The van der Waals surface area contributed by atoms with Crippen LogP contribution in [0.15, 0.2) is 18.2 Å². The summed E-state index contributed by atoms with van der Waals surface area (Å²) in [6.07, 6.45) is 2.38. The van der Waals surface area contributed by atoms with Gasteiger partial charge in [0, 0.05) is 5.69 Å². The largest absolute Gasteiger partial charge is 0.480 e. The Bertz CT molecular complexity index is 393. The molecule has 0 spiro atoms. The van der Waals surface area contributed by atoms with Crippen molar-refractivity contribution in [2.45, 2.75) is 39.2 Å². The third-order valence-corrected chi connectivity index (χ3v) is 2.64. The molecule has 0 radical (unpaired) electrons. The second-order valence-electron chi connectivity index (χ2n) is 4.14. The van der Waals surface area contributed by atoms with E-state index in [9.17, 15) is 9.18 Å². The van der Waals surface area contributed by atoms with E-state index in [4.69, 9.17) is 5.11 Å². The fourth-order valence-corrected chi connectivity index (χ4v) is 1.60. The SMILES string of the molecule is CCCC[C@@H](Nc1ccc(F)c(C)c1)C(=O)O. The number of carbonyl (C=O) groups is 1. The van der Waals surface area contributed by atoms with E-state index in [1.54, 1.807) is 19.1 Å². The molecular weight excluding hydrogens is 221 g/mol. The third-order valence-electron chi connectivity index (χ3n) is 2.64. The summed E-state index contributed by atoms with van der Waals surface area (Å²) in [7, 11) is 0. The summed E-state index contributed by atoms with van der Waals surface area (Å²) in [6, 6.07) is 3.91. The van der Waals surface area contributed by atoms with Crippen LogP contribution in [0.5, 0.6) is 0 Å². The first kappa shape index (κ1) is 13.5. The van der Waals surface area contributed by atoms with Crippen LogP contribution in [0.25, 0.3) is 0 Å². The van der Waals surface area contributed by atoms with E-state index >= 15 is 0 Å². The van der Waals surface area contributed by atoms with Crippen molar-refractivity contribution in [3.05, 3.63) is 29.6 Å². The molecule has 0 fully saturated rings. The highest BCUT2D eigenvalue weighted by Crippen LogP contribution is 2.16. The van der Waals surface area contributed by atoms with Crippen molar-refractivity contribution in [2.75, 3.05) is 5.32 Å². The minimum Gasteiger partial charge on any atom is -0.480 e. The van der Waals surface area contributed by atoms with E-state index in [0.29, 0.717) is 17.7 Å². The van der Waals surface area contributed by atoms with Crippen LogP contribution in [0.4, 0.5) is 10.1 Å². The van der Waals surface area contributed by atoms with Gasteiger partial charge in [0.05, 0.1) is 0 Å². The molecule has 0 bridgehead atoms. The lowest BCUT2D eigenvalue weighted by Gasteiger charge is -2.15. The number of unbranched alkanes of at least 4 members (excludes halogenated alkanes) is 1. The second kappa shape index (κ2) is 6.23. The fourth-order valence-electron chi connectivity index (χ4n) is 1.60. The Morgan fingerprint density at radius 2 is 2.24 bits per heavy atom. The third kappa shape index (κ3) is 4.06. The molecule has 1 atom stereocenters. The Kier molecular flexibility index (Phi) is 4.94. The van der Waals surface area contributed by atoms with Crippen molar-refractivity contribution in [1.82, 2.24) is 0 Å². The minimum absolute atomic E-state index is 0.281. The molecule has 1 rings (SSSR count). The van der Waals surface area contributed by atoms with E-state index in [2.05, 4.69) is 5.32 Å². The molecule has 0 heterocycles. The normalized spacial score (nSPS) is 12.2. The van der Waals surface area contributed by atoms with Gasteiger partial charge in [0.25, 0.3) is 0 Å². The number of hydrogen-bond donors (Lipinski definition) is 2. The van der Waals surface area contributed by atoms with Gasteiger partial charge >= 0.3 is 5.97 Å². The quantitative estimate of drug-likeness (QED) is 0.801. The highest BCUT2D eigenvalue weighted by atomic mass is 19.1. The van der Waals surface area contributed by atoms with E-state index in [1.807, 2.05) is 6.92 Å². The number of halogens is 1. The lowest BCUT2D eigenvalue weighted by molar-refractivity contribution is -0.138. The zero-order valence-electron chi connectivity index (χ0n) is 10.2. The fraction of sp³-hybridized carbons (Fsp3) is 0.462. The van der Waals surface area contributed by atoms with Crippen molar-refractivity contribution in [3.63, 3.8) is 0 Å². The Hall–Kier alpha value is -1.58. The zero-order chi connectivity index (χ0) is 12.8. The molecule has 1 aromatic carbocycles. The molecule has 0 amide bonds. The molecule has 2 N–H and O–H groups in total. The number of carboxylic acid groups (broad SMARTS) is 1. The lowest BCUT2D eigenvalue weighted by atomic mass is 10.1. The molecular formula is C13H18FNO2. The molecule has 0 aliphatic heterocycles. The maximum absolute atomic E-state index is 13.1. The van der Waals surface area contributed by atoms with Gasteiger partial charge in [0.1, 0.15) is 11.9 Å². The summed E-state index contributed by atoms with van der Waals surface area (Å²) >= 11 is 0. The number of anilines is 1. The van der Waals surface area contributed by atoms with Crippen molar-refractivity contribution < 1.29 is 14.3 Å². The van der Waals surface area contributed by atoms with Crippen LogP contribution in [0.3, 0.4) is 0 Å². The molecule has 0 saturated carbocycles. The number of hydrogen-bond acceptors (Lipinski definition) is 2. The standard InChI is InChI=1S/C13H18FNO2/c1-3-4-5-12(13(16)17)15-10-6-7-11(14)9(2)8-10/h6-8,12,15H,3-5H2,1-2H3,(H,16,17)/t12-/m1/s1. The first-order valence-corrected chi connectivity index (χ1v) is 5.80. The minimum atomic E-state index is -0.875. The summed E-state index contributed by atoms with van der Waals surface area (Å²) in [5, 5.41) is 12.0. The first-order chi connectivity index (χ1) is 8.04. The van der Waals surface area contributed by atoms with Gasteiger partial charge in [0.2, 0.25) is 0 Å². The van der Waals surface area contributed by atoms with Gasteiger partial charge in [-0.25, -0.2) is 9.18 Å². The van der Waals surface area contributed by atoms with Crippen LogP contribution in [-0.4, -0.2) is 17.1 Å². The summed E-state index contributed by atoms with van der Waals surface area (Å²) in [6.45, 7) is 3.67. The highest BCUT2D eigenvalue weighted by Gasteiger charge is 2.16. The van der Waals surface area contributed by atoms with Gasteiger partial charge in [-0.3, -0.25) is 0 Å². The van der Waals surface area contributed by atoms with E-state index in [1.165, 1.54) is 6.07 Å². The molecule has 3 nitrogen and oxygen atoms in total. The topological polar surface area (TPSA) is 49.3 Å². The molecule has 0 aliphatic rings. The summed E-state index contributed by atoms with van der Waals surface area (Å²) in [4.78, 5) is 11.0. The van der Waals surface area contributed by atoms with Crippen LogP contribution in [0.1, 0.15) is 31.7 Å². The summed E-state index contributed by atoms with van der Waals surface area (Å²) < 4.78 is 13.1. The van der Waals surface area contributed by atoms with Crippen molar-refractivity contribution in [3.8, 4) is 0 Å². The Morgan fingerprint density at radius 3 is 2.76 bits per heavy atom. The summed E-state index contributed by atoms with van der Waals surface area (Å²) in [5.74, 6) is -1.16. The van der Waals surface area contributed by atoms with Crippen molar-refractivity contribution in [2.24, 2.45) is 0 Å². The number of benzene rings is 1. The van der Waals surface area contributed by atoms with Crippen LogP contribution >= 0.6 is 0 Å². The Balaban J connectivity index is 2.71. The molecule has 0 unspecified atom stereocenters. The molecule has 4 heteroatoms.